The van der Waals surface area contributed by atoms with Crippen molar-refractivity contribution in [1.29, 1.82) is 0 Å². The number of ether oxygens (including phenoxy) is 1. The van der Waals surface area contributed by atoms with Crippen molar-refractivity contribution in [3.05, 3.63) is 51.4 Å². The minimum absolute atomic E-state index is 0.121. The van der Waals surface area contributed by atoms with Crippen LogP contribution >= 0.6 is 11.6 Å². The van der Waals surface area contributed by atoms with E-state index in [-0.39, 0.29) is 16.7 Å². The Kier molecular flexibility index (Phi) is 3.38. The number of halogens is 1. The van der Waals surface area contributed by atoms with Crippen LogP contribution in [-0.4, -0.2) is 14.9 Å². The largest absolute Gasteiger partial charge is 0.432 e. The van der Waals surface area contributed by atoms with Crippen molar-refractivity contribution >= 4 is 17.3 Å². The standard InChI is InChI=1S/C11H8ClN3O3/c1-7-2-3-8(6-13-7)18-11-9(15(16)17)4-5-10(12)14-11/h2-6H,1H3. The minimum atomic E-state index is -0.583. The molecule has 2 heterocycles. The molecule has 0 aliphatic heterocycles. The molecular formula is C11H8ClN3O3. The van der Waals surface area contributed by atoms with Gasteiger partial charge in [-0.3, -0.25) is 15.1 Å². The van der Waals surface area contributed by atoms with Crippen LogP contribution in [0.2, 0.25) is 5.15 Å². The Morgan fingerprint density at radius 2 is 2.11 bits per heavy atom. The average molecular weight is 266 g/mol. The molecule has 0 spiro atoms. The molecule has 0 fully saturated rings. The number of nitro groups is 1. The number of hydrogen-bond donors (Lipinski definition) is 0. The summed E-state index contributed by atoms with van der Waals surface area (Å²) in [5, 5.41) is 10.9. The highest BCUT2D eigenvalue weighted by atomic mass is 35.5. The van der Waals surface area contributed by atoms with Gasteiger partial charge in [0.15, 0.2) is 0 Å². The zero-order valence-corrected chi connectivity index (χ0v) is 10.1. The van der Waals surface area contributed by atoms with Crippen LogP contribution in [0.4, 0.5) is 5.69 Å². The van der Waals surface area contributed by atoms with Crippen molar-refractivity contribution in [2.75, 3.05) is 0 Å². The third-order valence-corrected chi connectivity index (χ3v) is 2.31. The molecule has 7 heteroatoms. The van der Waals surface area contributed by atoms with Crippen LogP contribution in [-0.2, 0) is 0 Å². The molecule has 2 aromatic heterocycles. The molecular weight excluding hydrogens is 258 g/mol. The number of aromatic nitrogens is 2. The van der Waals surface area contributed by atoms with E-state index in [1.54, 1.807) is 12.1 Å². The van der Waals surface area contributed by atoms with E-state index in [0.717, 1.165) is 5.69 Å². The van der Waals surface area contributed by atoms with Crippen molar-refractivity contribution in [3.8, 4) is 11.6 Å². The molecule has 0 N–H and O–H groups in total. The molecule has 2 rings (SSSR count). The maximum Gasteiger partial charge on any atom is 0.331 e. The van der Waals surface area contributed by atoms with E-state index < -0.39 is 4.92 Å². The summed E-state index contributed by atoms with van der Waals surface area (Å²) in [7, 11) is 0. The van der Waals surface area contributed by atoms with Crippen LogP contribution in [0.5, 0.6) is 11.6 Å². The van der Waals surface area contributed by atoms with E-state index in [2.05, 4.69) is 9.97 Å². The fourth-order valence-electron chi connectivity index (χ4n) is 1.25. The molecule has 0 unspecified atom stereocenters. The Hall–Kier alpha value is -2.21. The first kappa shape index (κ1) is 12.3. The van der Waals surface area contributed by atoms with E-state index in [1.165, 1.54) is 18.3 Å². The lowest BCUT2D eigenvalue weighted by Crippen LogP contribution is -1.96. The summed E-state index contributed by atoms with van der Waals surface area (Å²) in [5.41, 5.74) is 0.566. The fourth-order valence-corrected chi connectivity index (χ4v) is 1.39. The van der Waals surface area contributed by atoms with Gasteiger partial charge in [-0.05, 0) is 25.1 Å². The van der Waals surface area contributed by atoms with Crippen molar-refractivity contribution in [2.24, 2.45) is 0 Å². The Labute approximate surface area is 107 Å². The molecule has 2 aromatic rings. The van der Waals surface area contributed by atoms with Crippen LogP contribution in [0.25, 0.3) is 0 Å². The fraction of sp³-hybridized carbons (Fsp3) is 0.0909. The van der Waals surface area contributed by atoms with E-state index in [1.807, 2.05) is 6.92 Å². The van der Waals surface area contributed by atoms with Gasteiger partial charge in [-0.1, -0.05) is 11.6 Å². The molecule has 0 saturated carbocycles. The second-order valence-corrected chi connectivity index (χ2v) is 3.84. The topological polar surface area (TPSA) is 78.2 Å². The van der Waals surface area contributed by atoms with Crippen molar-refractivity contribution < 1.29 is 9.66 Å². The molecule has 0 radical (unpaired) electrons. The summed E-state index contributed by atoms with van der Waals surface area (Å²) in [6.07, 6.45) is 1.46. The van der Waals surface area contributed by atoms with E-state index in [4.69, 9.17) is 16.3 Å². The van der Waals surface area contributed by atoms with Crippen LogP contribution < -0.4 is 4.74 Å². The number of aryl methyl sites for hydroxylation is 1. The lowest BCUT2D eigenvalue weighted by molar-refractivity contribution is -0.386. The second kappa shape index (κ2) is 4.97. The monoisotopic (exact) mass is 265 g/mol. The molecule has 0 aliphatic carbocycles. The van der Waals surface area contributed by atoms with Crippen LogP contribution in [0, 0.1) is 17.0 Å². The van der Waals surface area contributed by atoms with Crippen molar-refractivity contribution in [3.63, 3.8) is 0 Å². The predicted molar refractivity (Wildman–Crippen MR) is 64.9 cm³/mol. The lowest BCUT2D eigenvalue weighted by atomic mass is 10.3. The van der Waals surface area contributed by atoms with E-state index in [0.29, 0.717) is 5.75 Å². The molecule has 0 atom stereocenters. The van der Waals surface area contributed by atoms with Gasteiger partial charge in [0.05, 0.1) is 11.1 Å². The molecule has 0 amide bonds. The average Bonchev–Trinajstić information content (AvgIpc) is 2.32. The summed E-state index contributed by atoms with van der Waals surface area (Å²) in [4.78, 5) is 18.0. The molecule has 18 heavy (non-hydrogen) atoms. The summed E-state index contributed by atoms with van der Waals surface area (Å²) < 4.78 is 5.31. The molecule has 0 aromatic carbocycles. The lowest BCUT2D eigenvalue weighted by Gasteiger charge is -2.05. The van der Waals surface area contributed by atoms with E-state index in [9.17, 15) is 10.1 Å². The van der Waals surface area contributed by atoms with Gasteiger partial charge in [0, 0.05) is 11.8 Å². The minimum Gasteiger partial charge on any atom is -0.432 e. The molecule has 0 aliphatic rings. The van der Waals surface area contributed by atoms with Crippen LogP contribution in [0.15, 0.2) is 30.5 Å². The van der Waals surface area contributed by atoms with Gasteiger partial charge in [-0.2, -0.15) is 4.98 Å². The van der Waals surface area contributed by atoms with Gasteiger partial charge in [0.1, 0.15) is 10.9 Å². The summed E-state index contributed by atoms with van der Waals surface area (Å²) in [6.45, 7) is 1.82. The van der Waals surface area contributed by atoms with Gasteiger partial charge in [-0.15, -0.1) is 0 Å². The molecule has 92 valence electrons. The first-order valence-corrected chi connectivity index (χ1v) is 5.35. The van der Waals surface area contributed by atoms with Crippen molar-refractivity contribution in [1.82, 2.24) is 9.97 Å². The van der Waals surface area contributed by atoms with Crippen LogP contribution in [0.1, 0.15) is 5.69 Å². The Bertz CT molecular complexity index is 587. The Morgan fingerprint density at radius 1 is 1.33 bits per heavy atom. The van der Waals surface area contributed by atoms with Gasteiger partial charge in [0.2, 0.25) is 0 Å². The number of pyridine rings is 2. The predicted octanol–water partition coefficient (Wildman–Crippen LogP) is 3.14. The number of nitrogens with zero attached hydrogens (tertiary/aromatic N) is 3. The zero-order chi connectivity index (χ0) is 13.1. The Balaban J connectivity index is 2.35. The maximum absolute atomic E-state index is 10.8. The highest BCUT2D eigenvalue weighted by molar-refractivity contribution is 6.29. The zero-order valence-electron chi connectivity index (χ0n) is 9.33. The van der Waals surface area contributed by atoms with Crippen LogP contribution in [0.3, 0.4) is 0 Å². The smallest absolute Gasteiger partial charge is 0.331 e. The van der Waals surface area contributed by atoms with Gasteiger partial charge in [0.25, 0.3) is 0 Å². The molecule has 6 nitrogen and oxygen atoms in total. The first-order chi connectivity index (χ1) is 8.56. The quantitative estimate of drug-likeness (QED) is 0.484. The normalized spacial score (nSPS) is 10.1. The highest BCUT2D eigenvalue weighted by Gasteiger charge is 2.18. The maximum atomic E-state index is 10.8. The number of rotatable bonds is 3. The third-order valence-electron chi connectivity index (χ3n) is 2.10. The Morgan fingerprint density at radius 3 is 2.72 bits per heavy atom. The molecule has 0 bridgehead atoms. The number of hydrogen-bond acceptors (Lipinski definition) is 5. The summed E-state index contributed by atoms with van der Waals surface area (Å²) >= 11 is 5.68. The third kappa shape index (κ3) is 2.72. The summed E-state index contributed by atoms with van der Waals surface area (Å²) in [5.74, 6) is 0.205. The summed E-state index contributed by atoms with van der Waals surface area (Å²) in [6, 6.07) is 5.95. The van der Waals surface area contributed by atoms with Gasteiger partial charge < -0.3 is 4.74 Å². The second-order valence-electron chi connectivity index (χ2n) is 3.45. The SMILES string of the molecule is Cc1ccc(Oc2nc(Cl)ccc2[N+](=O)[O-])cn1. The van der Waals surface area contributed by atoms with Crippen molar-refractivity contribution in [2.45, 2.75) is 6.92 Å². The van der Waals surface area contributed by atoms with Gasteiger partial charge >= 0.3 is 11.6 Å². The van der Waals surface area contributed by atoms with E-state index >= 15 is 0 Å². The van der Waals surface area contributed by atoms with Gasteiger partial charge in [-0.25, -0.2) is 0 Å². The highest BCUT2D eigenvalue weighted by Crippen LogP contribution is 2.30. The first-order valence-electron chi connectivity index (χ1n) is 4.98. The molecule has 0 saturated heterocycles.